The molecule has 0 aromatic heterocycles. The smallest absolute Gasteiger partial charge is 0.258 e. The zero-order valence-corrected chi connectivity index (χ0v) is 12.2. The van der Waals surface area contributed by atoms with E-state index in [1.165, 1.54) is 30.4 Å². The fraction of sp³-hybridized carbons (Fsp3) is 0. The summed E-state index contributed by atoms with van der Waals surface area (Å²) in [6.45, 7) is 0. The average Bonchev–Trinajstić information content (AvgIpc) is 2.61. The third kappa shape index (κ3) is 3.86. The Kier molecular flexibility index (Phi) is 4.80. The number of hydrogen-bond acceptors (Lipinski definition) is 4. The molecule has 0 spiro atoms. The molecule has 0 heterocycles. The number of nitro groups is 1. The summed E-state index contributed by atoms with van der Waals surface area (Å²) in [5, 5.41) is 11.0. The van der Waals surface area contributed by atoms with Crippen LogP contribution in [0.15, 0.2) is 82.2 Å². The summed E-state index contributed by atoms with van der Waals surface area (Å²) >= 11 is 0. The van der Waals surface area contributed by atoms with Crippen molar-refractivity contribution < 1.29 is 13.3 Å². The van der Waals surface area contributed by atoms with Crippen molar-refractivity contribution in [3.05, 3.63) is 83.0 Å². The Hall–Kier alpha value is -2.80. The van der Waals surface area contributed by atoms with Gasteiger partial charge in [0, 0.05) is 6.07 Å². The van der Waals surface area contributed by atoms with Crippen LogP contribution in [-0.2, 0) is 10.0 Å². The maximum absolute atomic E-state index is 12.3. The van der Waals surface area contributed by atoms with E-state index >= 15 is 0 Å². The fourth-order valence-corrected chi connectivity index (χ4v) is 2.85. The fourth-order valence-electron chi connectivity index (χ4n) is 1.70. The number of para-hydroxylation sites is 1. The number of allylic oxidation sites excluding steroid dienone is 8. The molecular weight excluding hydrogens is 304 g/mol. The second-order valence-corrected chi connectivity index (χ2v) is 5.78. The lowest BCUT2D eigenvalue weighted by Gasteiger charge is -2.01. The number of hydrogen-bond donors (Lipinski definition) is 0. The van der Waals surface area contributed by atoms with Gasteiger partial charge >= 0.3 is 0 Å². The van der Waals surface area contributed by atoms with Crippen molar-refractivity contribution in [2.24, 2.45) is 4.40 Å². The van der Waals surface area contributed by atoms with Crippen LogP contribution in [0.3, 0.4) is 0 Å². The van der Waals surface area contributed by atoms with Crippen molar-refractivity contribution in [3.8, 4) is 0 Å². The first-order valence-electron chi connectivity index (χ1n) is 6.27. The molecule has 6 nitrogen and oxygen atoms in total. The highest BCUT2D eigenvalue weighted by Crippen LogP contribution is 2.24. The first-order chi connectivity index (χ1) is 10.5. The van der Waals surface area contributed by atoms with Gasteiger partial charge in [0.1, 0.15) is 0 Å². The zero-order chi connectivity index (χ0) is 16.0. The Balaban J connectivity index is 2.51. The molecule has 22 heavy (non-hydrogen) atoms. The predicted octanol–water partition coefficient (Wildman–Crippen LogP) is 2.96. The number of sulfonamides is 1. The van der Waals surface area contributed by atoms with Gasteiger partial charge in [-0.1, -0.05) is 48.6 Å². The van der Waals surface area contributed by atoms with Gasteiger partial charge in [0.2, 0.25) is 0 Å². The molecule has 7 heteroatoms. The lowest BCUT2D eigenvalue weighted by Crippen LogP contribution is -2.04. The second-order valence-electron chi connectivity index (χ2n) is 4.20. The lowest BCUT2D eigenvalue weighted by molar-refractivity contribution is -0.387. The Morgan fingerprint density at radius 2 is 1.45 bits per heavy atom. The third-order valence-corrected chi connectivity index (χ3v) is 4.01. The SMILES string of the molecule is O=[N+]([O-])c1ccccc1S(=O)(=O)N=C1C=C\C=C/C=C\C=C/1. The monoisotopic (exact) mass is 316 g/mol. The van der Waals surface area contributed by atoms with Gasteiger partial charge in [0.25, 0.3) is 15.7 Å². The molecule has 0 fully saturated rings. The number of nitro benzene ring substituents is 1. The molecule has 1 aliphatic carbocycles. The average molecular weight is 316 g/mol. The van der Waals surface area contributed by atoms with Gasteiger partial charge in [-0.15, -0.1) is 0 Å². The van der Waals surface area contributed by atoms with Gasteiger partial charge in [-0.3, -0.25) is 10.1 Å². The van der Waals surface area contributed by atoms with Gasteiger partial charge in [-0.05, 0) is 18.2 Å². The van der Waals surface area contributed by atoms with Gasteiger partial charge in [0.15, 0.2) is 4.90 Å². The minimum Gasteiger partial charge on any atom is -0.258 e. The van der Waals surface area contributed by atoms with Crippen LogP contribution in [-0.4, -0.2) is 19.1 Å². The highest BCUT2D eigenvalue weighted by molar-refractivity contribution is 7.90. The highest BCUT2D eigenvalue weighted by Gasteiger charge is 2.24. The first kappa shape index (κ1) is 15.6. The second kappa shape index (κ2) is 6.77. The molecule has 1 aliphatic rings. The molecule has 0 bridgehead atoms. The topological polar surface area (TPSA) is 89.6 Å². The van der Waals surface area contributed by atoms with Gasteiger partial charge in [-0.2, -0.15) is 12.8 Å². The molecular formula is C15H12N2O4S. The molecule has 2 rings (SSSR count). The first-order valence-corrected chi connectivity index (χ1v) is 7.71. The lowest BCUT2D eigenvalue weighted by atomic mass is 10.3. The van der Waals surface area contributed by atoms with E-state index in [9.17, 15) is 18.5 Å². The predicted molar refractivity (Wildman–Crippen MR) is 84.3 cm³/mol. The minimum absolute atomic E-state index is 0.175. The van der Waals surface area contributed by atoms with Crippen LogP contribution < -0.4 is 0 Å². The molecule has 0 radical (unpaired) electrons. The molecule has 112 valence electrons. The van der Waals surface area contributed by atoms with E-state index in [1.807, 2.05) is 0 Å². The molecule has 0 unspecified atom stereocenters. The Morgan fingerprint density at radius 3 is 2.05 bits per heavy atom. The summed E-state index contributed by atoms with van der Waals surface area (Å²) in [6.07, 6.45) is 13.3. The van der Waals surface area contributed by atoms with Crippen LogP contribution in [0.2, 0.25) is 0 Å². The summed E-state index contributed by atoms with van der Waals surface area (Å²) in [5.41, 5.74) is -0.322. The zero-order valence-electron chi connectivity index (χ0n) is 11.4. The largest absolute Gasteiger partial charge is 0.289 e. The summed E-state index contributed by atoms with van der Waals surface area (Å²) in [5.74, 6) is 0. The normalized spacial score (nSPS) is 20.6. The van der Waals surface area contributed by atoms with Crippen molar-refractivity contribution in [2.45, 2.75) is 4.90 Å². The molecule has 1 aromatic rings. The molecule has 0 N–H and O–H groups in total. The van der Waals surface area contributed by atoms with Crippen LogP contribution in [0, 0.1) is 10.1 Å². The molecule has 0 amide bonds. The molecule has 0 aliphatic heterocycles. The van der Waals surface area contributed by atoms with Crippen LogP contribution in [0.5, 0.6) is 0 Å². The van der Waals surface area contributed by atoms with E-state index in [0.717, 1.165) is 6.07 Å². The summed E-state index contributed by atoms with van der Waals surface area (Å²) in [4.78, 5) is 9.78. The number of rotatable bonds is 3. The number of nitrogens with zero attached hydrogens (tertiary/aromatic N) is 2. The standard InChI is InChI=1S/C15H12N2O4S/c18-17(19)14-11-7-8-12-15(14)22(20,21)16-13-9-5-3-1-2-4-6-10-13/h1-12H/b3-1-,4-2-,9-5-,10-6?,16-13?. The summed E-state index contributed by atoms with van der Waals surface area (Å²) in [7, 11) is -4.18. The van der Waals surface area contributed by atoms with Gasteiger partial charge in [0.05, 0.1) is 10.6 Å². The van der Waals surface area contributed by atoms with Crippen LogP contribution in [0.25, 0.3) is 0 Å². The van der Waals surface area contributed by atoms with Crippen molar-refractivity contribution in [1.82, 2.24) is 0 Å². The third-order valence-electron chi connectivity index (χ3n) is 2.65. The van der Waals surface area contributed by atoms with Crippen LogP contribution in [0.4, 0.5) is 5.69 Å². The molecule has 0 saturated carbocycles. The van der Waals surface area contributed by atoms with Gasteiger partial charge < -0.3 is 0 Å². The molecule has 0 saturated heterocycles. The van der Waals surface area contributed by atoms with Gasteiger partial charge in [-0.25, -0.2) is 0 Å². The van der Waals surface area contributed by atoms with E-state index in [-0.39, 0.29) is 5.71 Å². The Morgan fingerprint density at radius 1 is 0.909 bits per heavy atom. The molecule has 1 aromatic carbocycles. The van der Waals surface area contributed by atoms with E-state index in [1.54, 1.807) is 36.5 Å². The minimum atomic E-state index is -4.18. The van der Waals surface area contributed by atoms with Crippen LogP contribution in [0.1, 0.15) is 0 Å². The number of benzene rings is 1. The van der Waals surface area contributed by atoms with Crippen LogP contribution >= 0.6 is 0 Å². The van der Waals surface area contributed by atoms with E-state index in [4.69, 9.17) is 0 Å². The maximum Gasteiger partial charge on any atom is 0.289 e. The van der Waals surface area contributed by atoms with Crippen molar-refractivity contribution in [3.63, 3.8) is 0 Å². The Bertz CT molecular complexity index is 807. The summed E-state index contributed by atoms with van der Waals surface area (Å²) < 4.78 is 28.3. The van der Waals surface area contributed by atoms with Crippen molar-refractivity contribution in [2.75, 3.05) is 0 Å². The Labute approximate surface area is 127 Å². The quantitative estimate of drug-likeness (QED) is 0.633. The van der Waals surface area contributed by atoms with E-state index in [0.29, 0.717) is 0 Å². The molecule has 0 atom stereocenters. The highest BCUT2D eigenvalue weighted by atomic mass is 32.2. The van der Waals surface area contributed by atoms with E-state index < -0.39 is 25.5 Å². The maximum atomic E-state index is 12.3. The summed E-state index contributed by atoms with van der Waals surface area (Å²) in [6, 6.07) is 5.12. The van der Waals surface area contributed by atoms with Crippen molar-refractivity contribution in [1.29, 1.82) is 0 Å². The van der Waals surface area contributed by atoms with E-state index in [2.05, 4.69) is 4.40 Å². The van der Waals surface area contributed by atoms with Crippen molar-refractivity contribution >= 4 is 21.4 Å².